The van der Waals surface area contributed by atoms with E-state index >= 15 is 0 Å². The monoisotopic (exact) mass is 241 g/mol. The summed E-state index contributed by atoms with van der Waals surface area (Å²) in [5.41, 5.74) is 9.78. The lowest BCUT2D eigenvalue weighted by Crippen LogP contribution is -2.13. The van der Waals surface area contributed by atoms with Crippen molar-refractivity contribution < 1.29 is 4.74 Å². The van der Waals surface area contributed by atoms with E-state index in [4.69, 9.17) is 10.5 Å². The zero-order chi connectivity index (χ0) is 13.0. The number of rotatable bonds is 4. The van der Waals surface area contributed by atoms with E-state index in [1.54, 1.807) is 7.11 Å². The van der Waals surface area contributed by atoms with Gasteiger partial charge in [-0.1, -0.05) is 42.5 Å². The summed E-state index contributed by atoms with van der Waals surface area (Å²) in [6.07, 6.45) is 0.854. The van der Waals surface area contributed by atoms with E-state index in [-0.39, 0.29) is 6.04 Å². The summed E-state index contributed by atoms with van der Waals surface area (Å²) in [5.74, 6) is 0.908. The Labute approximate surface area is 108 Å². The second-order valence-electron chi connectivity index (χ2n) is 4.53. The van der Waals surface area contributed by atoms with Crippen molar-refractivity contribution in [3.8, 4) is 5.75 Å². The van der Waals surface area contributed by atoms with E-state index in [1.165, 1.54) is 5.56 Å². The molecule has 0 amide bonds. The standard InChI is InChI=1S/C16H19NO/c1-12-10-14(8-9-16(12)18-2)15(17)11-13-6-4-3-5-7-13/h3-10,15H,11,17H2,1-2H3. The number of aryl methyl sites for hydroxylation is 1. The minimum Gasteiger partial charge on any atom is -0.496 e. The fourth-order valence-electron chi connectivity index (χ4n) is 2.12. The molecule has 0 saturated carbocycles. The maximum absolute atomic E-state index is 6.25. The highest BCUT2D eigenvalue weighted by Crippen LogP contribution is 2.23. The largest absolute Gasteiger partial charge is 0.496 e. The molecule has 0 fully saturated rings. The zero-order valence-electron chi connectivity index (χ0n) is 10.9. The van der Waals surface area contributed by atoms with Gasteiger partial charge in [0.05, 0.1) is 7.11 Å². The summed E-state index contributed by atoms with van der Waals surface area (Å²) in [6.45, 7) is 2.04. The molecule has 2 aromatic carbocycles. The molecule has 0 spiro atoms. The van der Waals surface area contributed by atoms with E-state index in [0.717, 1.165) is 23.3 Å². The van der Waals surface area contributed by atoms with Crippen LogP contribution in [0.25, 0.3) is 0 Å². The third-order valence-corrected chi connectivity index (χ3v) is 3.15. The topological polar surface area (TPSA) is 35.2 Å². The summed E-state index contributed by atoms with van der Waals surface area (Å²) in [4.78, 5) is 0. The van der Waals surface area contributed by atoms with Crippen molar-refractivity contribution in [1.82, 2.24) is 0 Å². The van der Waals surface area contributed by atoms with Crippen molar-refractivity contribution in [2.45, 2.75) is 19.4 Å². The summed E-state index contributed by atoms with van der Waals surface area (Å²) in [7, 11) is 1.69. The molecular formula is C16H19NO. The summed E-state index contributed by atoms with van der Waals surface area (Å²) >= 11 is 0. The Morgan fingerprint density at radius 1 is 1.11 bits per heavy atom. The van der Waals surface area contributed by atoms with Gasteiger partial charge in [0.1, 0.15) is 5.75 Å². The molecule has 2 heteroatoms. The number of hydrogen-bond acceptors (Lipinski definition) is 2. The van der Waals surface area contributed by atoms with Gasteiger partial charge in [0.25, 0.3) is 0 Å². The molecule has 0 aromatic heterocycles. The van der Waals surface area contributed by atoms with Crippen molar-refractivity contribution in [3.05, 3.63) is 65.2 Å². The molecule has 0 aliphatic heterocycles. The second kappa shape index (κ2) is 5.69. The van der Waals surface area contributed by atoms with Gasteiger partial charge in [-0.3, -0.25) is 0 Å². The van der Waals surface area contributed by atoms with Gasteiger partial charge in [-0.05, 0) is 36.1 Å². The first-order valence-corrected chi connectivity index (χ1v) is 6.14. The van der Waals surface area contributed by atoms with Crippen LogP contribution in [0, 0.1) is 6.92 Å². The third kappa shape index (κ3) is 2.90. The minimum atomic E-state index is 0.0250. The predicted molar refractivity (Wildman–Crippen MR) is 74.8 cm³/mol. The van der Waals surface area contributed by atoms with Crippen LogP contribution in [0.5, 0.6) is 5.75 Å². The first-order chi connectivity index (χ1) is 8.70. The van der Waals surface area contributed by atoms with E-state index in [9.17, 15) is 0 Å². The quantitative estimate of drug-likeness (QED) is 0.891. The molecule has 0 saturated heterocycles. The first kappa shape index (κ1) is 12.7. The van der Waals surface area contributed by atoms with Crippen molar-refractivity contribution in [2.24, 2.45) is 5.73 Å². The zero-order valence-corrected chi connectivity index (χ0v) is 10.9. The van der Waals surface area contributed by atoms with E-state index in [0.29, 0.717) is 0 Å². The Kier molecular flexibility index (Phi) is 4.00. The number of hydrogen-bond donors (Lipinski definition) is 1. The number of methoxy groups -OCH3 is 1. The van der Waals surface area contributed by atoms with Gasteiger partial charge in [-0.2, -0.15) is 0 Å². The van der Waals surface area contributed by atoms with Crippen LogP contribution in [-0.4, -0.2) is 7.11 Å². The predicted octanol–water partition coefficient (Wildman–Crippen LogP) is 3.25. The van der Waals surface area contributed by atoms with E-state index in [2.05, 4.69) is 18.2 Å². The molecule has 94 valence electrons. The summed E-state index contributed by atoms with van der Waals surface area (Å²) < 4.78 is 5.26. The average molecular weight is 241 g/mol. The van der Waals surface area contributed by atoms with Crippen LogP contribution >= 0.6 is 0 Å². The van der Waals surface area contributed by atoms with Gasteiger partial charge >= 0.3 is 0 Å². The fraction of sp³-hybridized carbons (Fsp3) is 0.250. The Morgan fingerprint density at radius 2 is 1.83 bits per heavy atom. The Bertz CT molecular complexity index is 508. The molecule has 1 atom stereocenters. The molecule has 0 aliphatic rings. The first-order valence-electron chi connectivity index (χ1n) is 6.14. The molecule has 0 aliphatic carbocycles. The van der Waals surface area contributed by atoms with Crippen molar-refractivity contribution in [2.75, 3.05) is 7.11 Å². The molecular weight excluding hydrogens is 222 g/mol. The van der Waals surface area contributed by atoms with Crippen molar-refractivity contribution in [1.29, 1.82) is 0 Å². The highest BCUT2D eigenvalue weighted by Gasteiger charge is 2.08. The Morgan fingerprint density at radius 3 is 2.44 bits per heavy atom. The van der Waals surface area contributed by atoms with Gasteiger partial charge < -0.3 is 10.5 Å². The van der Waals surface area contributed by atoms with Crippen molar-refractivity contribution in [3.63, 3.8) is 0 Å². The lowest BCUT2D eigenvalue weighted by atomic mass is 9.98. The Hall–Kier alpha value is -1.80. The van der Waals surface area contributed by atoms with Crippen LogP contribution in [0.3, 0.4) is 0 Å². The highest BCUT2D eigenvalue weighted by atomic mass is 16.5. The van der Waals surface area contributed by atoms with Crippen molar-refractivity contribution >= 4 is 0 Å². The lowest BCUT2D eigenvalue weighted by Gasteiger charge is -2.14. The number of nitrogens with two attached hydrogens (primary N) is 1. The van der Waals surface area contributed by atoms with Crippen LogP contribution in [0.15, 0.2) is 48.5 Å². The van der Waals surface area contributed by atoms with Crippen LogP contribution in [0.2, 0.25) is 0 Å². The maximum Gasteiger partial charge on any atom is 0.121 e. The van der Waals surface area contributed by atoms with Crippen LogP contribution in [0.1, 0.15) is 22.7 Å². The van der Waals surface area contributed by atoms with E-state index in [1.807, 2.05) is 37.3 Å². The molecule has 1 unspecified atom stereocenters. The average Bonchev–Trinajstić information content (AvgIpc) is 2.39. The van der Waals surface area contributed by atoms with Crippen LogP contribution in [-0.2, 0) is 6.42 Å². The normalized spacial score (nSPS) is 12.2. The summed E-state index contributed by atoms with van der Waals surface area (Å²) in [6, 6.07) is 16.5. The van der Waals surface area contributed by atoms with Crippen LogP contribution in [0.4, 0.5) is 0 Å². The lowest BCUT2D eigenvalue weighted by molar-refractivity contribution is 0.411. The molecule has 0 radical (unpaired) electrons. The van der Waals surface area contributed by atoms with Gasteiger partial charge in [-0.15, -0.1) is 0 Å². The van der Waals surface area contributed by atoms with Crippen LogP contribution < -0.4 is 10.5 Å². The summed E-state index contributed by atoms with van der Waals surface area (Å²) in [5, 5.41) is 0. The second-order valence-corrected chi connectivity index (χ2v) is 4.53. The highest BCUT2D eigenvalue weighted by molar-refractivity contribution is 5.37. The third-order valence-electron chi connectivity index (χ3n) is 3.15. The molecule has 0 heterocycles. The van der Waals surface area contributed by atoms with Gasteiger partial charge in [0, 0.05) is 6.04 Å². The van der Waals surface area contributed by atoms with Gasteiger partial charge in [-0.25, -0.2) is 0 Å². The molecule has 0 bridgehead atoms. The molecule has 2 N–H and O–H groups in total. The van der Waals surface area contributed by atoms with Gasteiger partial charge in [0.15, 0.2) is 0 Å². The molecule has 18 heavy (non-hydrogen) atoms. The minimum absolute atomic E-state index is 0.0250. The maximum atomic E-state index is 6.25. The fourth-order valence-corrected chi connectivity index (χ4v) is 2.12. The molecule has 2 rings (SSSR count). The SMILES string of the molecule is COc1ccc(C(N)Cc2ccccc2)cc1C. The number of ether oxygens (including phenoxy) is 1. The molecule has 2 nitrogen and oxygen atoms in total. The number of benzene rings is 2. The van der Waals surface area contributed by atoms with Gasteiger partial charge in [0.2, 0.25) is 0 Å². The Balaban J connectivity index is 2.14. The smallest absolute Gasteiger partial charge is 0.121 e. The molecule has 2 aromatic rings. The van der Waals surface area contributed by atoms with E-state index < -0.39 is 0 Å².